The molecule has 28 heavy (non-hydrogen) atoms. The molecule has 0 amide bonds. The van der Waals surface area contributed by atoms with Crippen LogP contribution in [-0.2, 0) is 4.79 Å². The van der Waals surface area contributed by atoms with Gasteiger partial charge in [-0.2, -0.15) is 0 Å². The molecule has 0 heterocycles. The SMILES string of the molecule is C=C(CC)C(=O)c1ccc(OC(C(=O)O)[C@@H](CO)[C@@H](O)[C@H](O)CO)c(Cl)c1Cl. The lowest BCUT2D eigenvalue weighted by atomic mass is 9.93. The van der Waals surface area contributed by atoms with Gasteiger partial charge in [0.15, 0.2) is 5.78 Å². The van der Waals surface area contributed by atoms with Crippen LogP contribution in [0.5, 0.6) is 5.75 Å². The van der Waals surface area contributed by atoms with Gasteiger partial charge in [0.25, 0.3) is 0 Å². The van der Waals surface area contributed by atoms with E-state index in [1.807, 2.05) is 0 Å². The van der Waals surface area contributed by atoms with E-state index in [-0.39, 0.29) is 21.4 Å². The maximum Gasteiger partial charge on any atom is 0.345 e. The summed E-state index contributed by atoms with van der Waals surface area (Å²) in [6, 6.07) is 2.52. The van der Waals surface area contributed by atoms with E-state index in [2.05, 4.69) is 6.58 Å². The van der Waals surface area contributed by atoms with Crippen molar-refractivity contribution >= 4 is 35.0 Å². The van der Waals surface area contributed by atoms with E-state index in [1.54, 1.807) is 6.92 Å². The van der Waals surface area contributed by atoms with Gasteiger partial charge in [-0.05, 0) is 24.1 Å². The molecule has 0 radical (unpaired) electrons. The number of aliphatic hydroxyl groups is 4. The molecule has 0 aliphatic rings. The number of aliphatic carboxylic acids is 1. The molecule has 5 N–H and O–H groups in total. The van der Waals surface area contributed by atoms with Crippen molar-refractivity contribution in [3.8, 4) is 5.75 Å². The first-order valence-corrected chi connectivity index (χ1v) is 9.03. The molecule has 0 fully saturated rings. The lowest BCUT2D eigenvalue weighted by Crippen LogP contribution is -2.48. The van der Waals surface area contributed by atoms with Gasteiger partial charge in [0.2, 0.25) is 6.10 Å². The van der Waals surface area contributed by atoms with Crippen molar-refractivity contribution in [1.29, 1.82) is 0 Å². The highest BCUT2D eigenvalue weighted by atomic mass is 35.5. The molecule has 8 nitrogen and oxygen atoms in total. The third-order valence-electron chi connectivity index (χ3n) is 4.16. The Morgan fingerprint density at radius 1 is 1.14 bits per heavy atom. The van der Waals surface area contributed by atoms with Crippen LogP contribution in [0.4, 0.5) is 0 Å². The Balaban J connectivity index is 3.24. The zero-order valence-electron chi connectivity index (χ0n) is 15.0. The van der Waals surface area contributed by atoms with E-state index in [9.17, 15) is 30.0 Å². The first-order valence-electron chi connectivity index (χ1n) is 8.28. The van der Waals surface area contributed by atoms with Crippen molar-refractivity contribution in [2.24, 2.45) is 5.92 Å². The van der Waals surface area contributed by atoms with Crippen molar-refractivity contribution in [2.45, 2.75) is 31.7 Å². The van der Waals surface area contributed by atoms with Gasteiger partial charge in [-0.15, -0.1) is 0 Å². The van der Waals surface area contributed by atoms with Crippen LogP contribution in [0, 0.1) is 5.92 Å². The second-order valence-electron chi connectivity index (χ2n) is 5.99. The molecule has 0 saturated carbocycles. The van der Waals surface area contributed by atoms with Crippen molar-refractivity contribution in [2.75, 3.05) is 13.2 Å². The highest BCUT2D eigenvalue weighted by molar-refractivity contribution is 6.45. The predicted molar refractivity (Wildman–Crippen MR) is 102 cm³/mol. The Bertz CT molecular complexity index is 737. The Morgan fingerprint density at radius 3 is 2.21 bits per heavy atom. The van der Waals surface area contributed by atoms with Gasteiger partial charge in [0, 0.05) is 5.56 Å². The fourth-order valence-corrected chi connectivity index (χ4v) is 2.83. The smallest absolute Gasteiger partial charge is 0.345 e. The molecule has 0 spiro atoms. The van der Waals surface area contributed by atoms with Crippen LogP contribution in [-0.4, -0.2) is 68.8 Å². The molecule has 0 aliphatic heterocycles. The van der Waals surface area contributed by atoms with Crippen LogP contribution in [0.25, 0.3) is 0 Å². The maximum absolute atomic E-state index is 12.2. The largest absolute Gasteiger partial charge is 0.478 e. The summed E-state index contributed by atoms with van der Waals surface area (Å²) >= 11 is 12.2. The summed E-state index contributed by atoms with van der Waals surface area (Å²) in [6.45, 7) is 3.65. The molecule has 4 atom stereocenters. The highest BCUT2D eigenvalue weighted by Gasteiger charge is 2.38. The second-order valence-corrected chi connectivity index (χ2v) is 6.75. The molecule has 0 saturated heterocycles. The molecule has 156 valence electrons. The number of carbonyl (C=O) groups is 2. The van der Waals surface area contributed by atoms with Crippen LogP contribution in [0.3, 0.4) is 0 Å². The number of rotatable bonds is 11. The topological polar surface area (TPSA) is 145 Å². The highest BCUT2D eigenvalue weighted by Crippen LogP contribution is 2.37. The number of aliphatic hydroxyl groups excluding tert-OH is 4. The molecule has 1 unspecified atom stereocenters. The summed E-state index contributed by atoms with van der Waals surface area (Å²) in [5, 5.41) is 46.9. The van der Waals surface area contributed by atoms with E-state index in [4.69, 9.17) is 33.0 Å². The Kier molecular flexibility index (Phi) is 9.35. The Hall–Kier alpha value is -1.68. The summed E-state index contributed by atoms with van der Waals surface area (Å²) in [6.07, 6.45) is -4.92. The normalized spacial score (nSPS) is 15.4. The fraction of sp³-hybridized carbons (Fsp3) is 0.444. The first-order chi connectivity index (χ1) is 13.1. The van der Waals surface area contributed by atoms with Crippen LogP contribution >= 0.6 is 23.2 Å². The molecular weight excluding hydrogens is 415 g/mol. The van der Waals surface area contributed by atoms with Gasteiger partial charge in [0.05, 0.1) is 30.3 Å². The molecule has 0 aromatic heterocycles. The third kappa shape index (κ3) is 5.44. The molecule has 10 heteroatoms. The predicted octanol–water partition coefficient (Wildman–Crippen LogP) is 1.30. The zero-order valence-corrected chi connectivity index (χ0v) is 16.5. The molecule has 1 rings (SSSR count). The number of carboxylic acids is 1. The van der Waals surface area contributed by atoms with Crippen molar-refractivity contribution in [1.82, 2.24) is 0 Å². The van der Waals surface area contributed by atoms with Gasteiger partial charge in [0.1, 0.15) is 16.9 Å². The van der Waals surface area contributed by atoms with E-state index < -0.39 is 49.2 Å². The summed E-state index contributed by atoms with van der Waals surface area (Å²) in [7, 11) is 0. The van der Waals surface area contributed by atoms with E-state index >= 15 is 0 Å². The monoisotopic (exact) mass is 436 g/mol. The third-order valence-corrected chi connectivity index (χ3v) is 5.02. The van der Waals surface area contributed by atoms with Crippen LogP contribution < -0.4 is 4.74 Å². The van der Waals surface area contributed by atoms with E-state index in [0.29, 0.717) is 12.0 Å². The molecule has 1 aromatic rings. The Morgan fingerprint density at radius 2 is 1.75 bits per heavy atom. The second kappa shape index (κ2) is 10.8. The van der Waals surface area contributed by atoms with E-state index in [0.717, 1.165) is 0 Å². The summed E-state index contributed by atoms with van der Waals surface area (Å²) in [5.41, 5.74) is 0.365. The maximum atomic E-state index is 12.2. The van der Waals surface area contributed by atoms with Crippen LogP contribution in [0.1, 0.15) is 23.7 Å². The number of allylic oxidation sites excluding steroid dienone is 1. The minimum atomic E-state index is -1.83. The Labute approximate surface area is 171 Å². The number of ether oxygens (including phenoxy) is 1. The number of ketones is 1. The number of carboxylic acid groups (broad SMARTS) is 1. The molecule has 1 aromatic carbocycles. The van der Waals surface area contributed by atoms with Gasteiger partial charge in [-0.1, -0.05) is 36.7 Å². The number of Topliss-reactive ketones (excluding diaryl/α,β-unsaturated/α-hetero) is 1. The molecule has 0 bridgehead atoms. The van der Waals surface area contributed by atoms with Crippen molar-refractivity contribution in [3.05, 3.63) is 39.9 Å². The quantitative estimate of drug-likeness (QED) is 0.257. The number of halogens is 2. The molecular formula is C18H22Cl2O8. The zero-order chi connectivity index (χ0) is 21.6. The summed E-state index contributed by atoms with van der Waals surface area (Å²) in [5.74, 6) is -3.68. The van der Waals surface area contributed by atoms with Crippen LogP contribution in [0.15, 0.2) is 24.3 Å². The fourth-order valence-electron chi connectivity index (χ4n) is 2.38. The lowest BCUT2D eigenvalue weighted by Gasteiger charge is -2.29. The van der Waals surface area contributed by atoms with Crippen molar-refractivity contribution < 1.29 is 39.9 Å². The number of carbonyl (C=O) groups excluding carboxylic acids is 1. The van der Waals surface area contributed by atoms with Gasteiger partial charge in [-0.25, -0.2) is 4.79 Å². The first kappa shape index (κ1) is 24.4. The number of hydrogen-bond acceptors (Lipinski definition) is 7. The van der Waals surface area contributed by atoms with E-state index in [1.165, 1.54) is 12.1 Å². The number of benzene rings is 1. The van der Waals surface area contributed by atoms with Gasteiger partial charge < -0.3 is 30.3 Å². The molecule has 0 aliphatic carbocycles. The summed E-state index contributed by atoms with van der Waals surface area (Å²) < 4.78 is 5.32. The average Bonchev–Trinajstić information content (AvgIpc) is 2.68. The van der Waals surface area contributed by atoms with Gasteiger partial charge in [-0.3, -0.25) is 4.79 Å². The lowest BCUT2D eigenvalue weighted by molar-refractivity contribution is -0.155. The minimum absolute atomic E-state index is 0.0622. The number of hydrogen-bond donors (Lipinski definition) is 5. The van der Waals surface area contributed by atoms with Gasteiger partial charge >= 0.3 is 5.97 Å². The summed E-state index contributed by atoms with van der Waals surface area (Å²) in [4.78, 5) is 23.8. The minimum Gasteiger partial charge on any atom is -0.478 e. The average molecular weight is 437 g/mol. The standard InChI is InChI=1S/C18H22Cl2O8/c1-3-8(2)15(24)9-4-5-12(14(20)13(9)19)28-17(18(26)27)10(6-21)16(25)11(23)7-22/h4-5,10-11,16-17,21-23,25H,2-3,6-7H2,1H3,(H,26,27)/t10-,11+,16+,17?/m0/s1. The van der Waals surface area contributed by atoms with Crippen molar-refractivity contribution in [3.63, 3.8) is 0 Å². The van der Waals surface area contributed by atoms with Crippen LogP contribution in [0.2, 0.25) is 10.0 Å².